The van der Waals surface area contributed by atoms with E-state index in [9.17, 15) is 9.59 Å². The number of carbonyl (C=O) groups excluding carboxylic acids is 2. The van der Waals surface area contributed by atoms with Crippen molar-refractivity contribution in [1.29, 1.82) is 0 Å². The number of para-hydroxylation sites is 1. The van der Waals surface area contributed by atoms with E-state index in [1.54, 1.807) is 53.9 Å². The van der Waals surface area contributed by atoms with Crippen molar-refractivity contribution in [3.63, 3.8) is 0 Å². The summed E-state index contributed by atoms with van der Waals surface area (Å²) in [6.45, 7) is 0.414. The Bertz CT molecular complexity index is 1050. The summed E-state index contributed by atoms with van der Waals surface area (Å²) in [4.78, 5) is 26.0. The van der Waals surface area contributed by atoms with E-state index in [0.29, 0.717) is 27.7 Å². The van der Waals surface area contributed by atoms with E-state index in [1.165, 1.54) is 18.4 Å². The van der Waals surface area contributed by atoms with Crippen molar-refractivity contribution in [2.24, 2.45) is 0 Å². The number of hydrogen-bond donors (Lipinski definition) is 1. The van der Waals surface area contributed by atoms with E-state index in [1.807, 2.05) is 6.07 Å². The van der Waals surface area contributed by atoms with Crippen molar-refractivity contribution in [3.05, 3.63) is 76.0 Å². The van der Waals surface area contributed by atoms with Gasteiger partial charge < -0.3 is 24.3 Å². The second kappa shape index (κ2) is 8.87. The Labute approximate surface area is 177 Å². The molecular weight excluding hydrogens is 406 g/mol. The van der Waals surface area contributed by atoms with Gasteiger partial charge in [-0.05, 0) is 35.2 Å². The van der Waals surface area contributed by atoms with Gasteiger partial charge in [0.25, 0.3) is 5.91 Å². The molecule has 4 rings (SSSR count). The average molecular weight is 425 g/mol. The summed E-state index contributed by atoms with van der Waals surface area (Å²) in [6.07, 6.45) is -1.16. The maximum atomic E-state index is 13.0. The number of methoxy groups -OCH3 is 1. The first kappa shape index (κ1) is 19.8. The first-order chi connectivity index (χ1) is 14.7. The molecule has 1 aliphatic rings. The van der Waals surface area contributed by atoms with Crippen LogP contribution in [-0.4, -0.2) is 25.8 Å². The molecule has 0 bridgehead atoms. The van der Waals surface area contributed by atoms with Crippen LogP contribution in [0.1, 0.15) is 26.9 Å². The number of esters is 1. The number of thiophene rings is 1. The molecular formula is C22H19NO6S. The van der Waals surface area contributed by atoms with Gasteiger partial charge in [-0.3, -0.25) is 4.79 Å². The third kappa shape index (κ3) is 4.23. The molecule has 1 N–H and O–H groups in total. The van der Waals surface area contributed by atoms with Gasteiger partial charge in [-0.25, -0.2) is 4.79 Å². The van der Waals surface area contributed by atoms with Crippen molar-refractivity contribution in [1.82, 2.24) is 5.32 Å². The van der Waals surface area contributed by atoms with Gasteiger partial charge in [0, 0.05) is 12.1 Å². The molecule has 1 amide bonds. The predicted octanol–water partition coefficient (Wildman–Crippen LogP) is 3.70. The highest BCUT2D eigenvalue weighted by atomic mass is 32.1. The maximum absolute atomic E-state index is 13.0. The van der Waals surface area contributed by atoms with E-state index < -0.39 is 18.0 Å². The molecule has 3 aromatic rings. The van der Waals surface area contributed by atoms with Crippen LogP contribution in [0.25, 0.3) is 0 Å². The standard InChI is InChI=1S/C22H19NO6S/c1-26-16-6-3-2-5-15(16)20(29-22(25)19-7-4-10-30-19)21(24)23-12-14-8-9-17-18(11-14)28-13-27-17/h2-11,20H,12-13H2,1H3,(H,23,24). The van der Waals surface area contributed by atoms with Crippen LogP contribution in [0.3, 0.4) is 0 Å². The van der Waals surface area contributed by atoms with Gasteiger partial charge in [-0.2, -0.15) is 0 Å². The second-order valence-corrected chi connectivity index (χ2v) is 7.36. The summed E-state index contributed by atoms with van der Waals surface area (Å²) in [5, 5.41) is 4.60. The highest BCUT2D eigenvalue weighted by Gasteiger charge is 2.28. The molecule has 0 fully saturated rings. The lowest BCUT2D eigenvalue weighted by Crippen LogP contribution is -2.32. The smallest absolute Gasteiger partial charge is 0.349 e. The molecule has 8 heteroatoms. The van der Waals surface area contributed by atoms with Gasteiger partial charge in [0.05, 0.1) is 7.11 Å². The summed E-state index contributed by atoms with van der Waals surface area (Å²) in [7, 11) is 1.50. The molecule has 0 saturated carbocycles. The van der Waals surface area contributed by atoms with Crippen LogP contribution in [0.15, 0.2) is 60.0 Å². The SMILES string of the molecule is COc1ccccc1C(OC(=O)c1cccs1)C(=O)NCc1ccc2c(c1)OCO2. The monoisotopic (exact) mass is 425 g/mol. The predicted molar refractivity (Wildman–Crippen MR) is 110 cm³/mol. The number of carbonyl (C=O) groups is 2. The fourth-order valence-corrected chi connectivity index (χ4v) is 3.64. The maximum Gasteiger partial charge on any atom is 0.349 e. The van der Waals surface area contributed by atoms with E-state index in [4.69, 9.17) is 18.9 Å². The van der Waals surface area contributed by atoms with Crippen molar-refractivity contribution in [2.45, 2.75) is 12.6 Å². The number of ether oxygens (including phenoxy) is 4. The van der Waals surface area contributed by atoms with Gasteiger partial charge in [0.2, 0.25) is 12.9 Å². The van der Waals surface area contributed by atoms with Crippen LogP contribution >= 0.6 is 11.3 Å². The number of amides is 1. The Kier molecular flexibility index (Phi) is 5.85. The lowest BCUT2D eigenvalue weighted by atomic mass is 10.1. The normalized spacial score (nSPS) is 12.8. The van der Waals surface area contributed by atoms with Crippen molar-refractivity contribution in [3.8, 4) is 17.2 Å². The highest BCUT2D eigenvalue weighted by molar-refractivity contribution is 7.11. The zero-order valence-electron chi connectivity index (χ0n) is 16.1. The number of nitrogens with one attached hydrogen (secondary N) is 1. The molecule has 7 nitrogen and oxygen atoms in total. The summed E-state index contributed by atoms with van der Waals surface area (Å²) in [5.74, 6) is 0.731. The van der Waals surface area contributed by atoms with Crippen molar-refractivity contribution in [2.75, 3.05) is 13.9 Å². The number of fused-ring (bicyclic) bond motifs is 1. The second-order valence-electron chi connectivity index (χ2n) is 6.41. The summed E-state index contributed by atoms with van der Waals surface area (Å²) < 4.78 is 21.6. The Morgan fingerprint density at radius 1 is 1.10 bits per heavy atom. The van der Waals surface area contributed by atoms with Gasteiger partial charge in [0.1, 0.15) is 10.6 Å². The fraction of sp³-hybridized carbons (Fsp3) is 0.182. The van der Waals surface area contributed by atoms with Crippen LogP contribution in [-0.2, 0) is 16.1 Å². The zero-order chi connectivity index (χ0) is 20.9. The lowest BCUT2D eigenvalue weighted by Gasteiger charge is -2.20. The number of hydrogen-bond acceptors (Lipinski definition) is 7. The lowest BCUT2D eigenvalue weighted by molar-refractivity contribution is -0.130. The fourth-order valence-electron chi connectivity index (χ4n) is 3.03. The molecule has 0 aliphatic carbocycles. The molecule has 2 heterocycles. The van der Waals surface area contributed by atoms with Crippen LogP contribution in [0, 0.1) is 0 Å². The molecule has 1 aliphatic heterocycles. The van der Waals surface area contributed by atoms with Crippen molar-refractivity contribution < 1.29 is 28.5 Å². The van der Waals surface area contributed by atoms with Gasteiger partial charge in [0.15, 0.2) is 11.5 Å². The third-order valence-electron chi connectivity index (χ3n) is 4.51. The molecule has 0 radical (unpaired) electrons. The van der Waals surface area contributed by atoms with Gasteiger partial charge in [-0.15, -0.1) is 11.3 Å². The summed E-state index contributed by atoms with van der Waals surface area (Å²) >= 11 is 1.25. The molecule has 1 unspecified atom stereocenters. The quantitative estimate of drug-likeness (QED) is 0.581. The summed E-state index contributed by atoms with van der Waals surface area (Å²) in [5.41, 5.74) is 1.30. The minimum Gasteiger partial charge on any atom is -0.496 e. The van der Waals surface area contributed by atoms with E-state index in [2.05, 4.69) is 5.32 Å². The largest absolute Gasteiger partial charge is 0.496 e. The molecule has 0 spiro atoms. The molecule has 30 heavy (non-hydrogen) atoms. The van der Waals surface area contributed by atoms with Crippen molar-refractivity contribution >= 4 is 23.2 Å². The summed E-state index contributed by atoms with van der Waals surface area (Å²) in [6, 6.07) is 15.8. The van der Waals surface area contributed by atoms with Crippen LogP contribution in [0.4, 0.5) is 0 Å². The van der Waals surface area contributed by atoms with Crippen LogP contribution in [0.5, 0.6) is 17.2 Å². The Balaban J connectivity index is 1.53. The molecule has 2 aromatic carbocycles. The molecule has 1 aromatic heterocycles. The zero-order valence-corrected chi connectivity index (χ0v) is 16.9. The first-order valence-corrected chi connectivity index (χ1v) is 10.1. The van der Waals surface area contributed by atoms with Crippen LogP contribution < -0.4 is 19.5 Å². The molecule has 1 atom stereocenters. The third-order valence-corrected chi connectivity index (χ3v) is 5.36. The van der Waals surface area contributed by atoms with E-state index >= 15 is 0 Å². The average Bonchev–Trinajstić information content (AvgIpc) is 3.47. The highest BCUT2D eigenvalue weighted by Crippen LogP contribution is 2.33. The minimum atomic E-state index is -1.16. The Morgan fingerprint density at radius 2 is 1.93 bits per heavy atom. The topological polar surface area (TPSA) is 83.1 Å². The van der Waals surface area contributed by atoms with E-state index in [-0.39, 0.29) is 13.3 Å². The molecule has 154 valence electrons. The Hall–Kier alpha value is -3.52. The first-order valence-electron chi connectivity index (χ1n) is 9.19. The Morgan fingerprint density at radius 3 is 2.73 bits per heavy atom. The number of benzene rings is 2. The molecule has 0 saturated heterocycles. The van der Waals surface area contributed by atoms with Crippen LogP contribution in [0.2, 0.25) is 0 Å². The minimum absolute atomic E-state index is 0.180. The van der Waals surface area contributed by atoms with Gasteiger partial charge >= 0.3 is 5.97 Å². The van der Waals surface area contributed by atoms with E-state index in [0.717, 1.165) is 5.56 Å². The van der Waals surface area contributed by atoms with Gasteiger partial charge in [-0.1, -0.05) is 30.3 Å². The number of rotatable bonds is 7.